The number of carbonyl (C=O) groups is 1. The maximum absolute atomic E-state index is 12.9. The van der Waals surface area contributed by atoms with Crippen LogP contribution in [0.15, 0.2) is 59.5 Å². The lowest BCUT2D eigenvalue weighted by molar-refractivity contribution is 0.0693. The number of nitrogens with one attached hydrogen (secondary N) is 1. The van der Waals surface area contributed by atoms with E-state index in [1.54, 1.807) is 36.4 Å². The summed E-state index contributed by atoms with van der Waals surface area (Å²) in [6.45, 7) is 3.76. The lowest BCUT2D eigenvalue weighted by Gasteiger charge is -2.14. The number of fused-ring (bicyclic) bond motifs is 1. The van der Waals surface area contributed by atoms with Gasteiger partial charge in [0.1, 0.15) is 17.1 Å². The van der Waals surface area contributed by atoms with Crippen LogP contribution in [0, 0.1) is 0 Å². The van der Waals surface area contributed by atoms with Crippen molar-refractivity contribution in [2.75, 3.05) is 4.72 Å². The molecule has 3 aromatic carbocycles. The van der Waals surface area contributed by atoms with Crippen LogP contribution < -0.4 is 9.46 Å². The average Bonchev–Trinajstić information content (AvgIpc) is 2.62. The third kappa shape index (κ3) is 3.86. The highest BCUT2D eigenvalue weighted by atomic mass is 32.2. The number of phenols is 1. The minimum absolute atomic E-state index is 0.0136. The molecule has 0 atom stereocenters. The predicted octanol–water partition coefficient (Wildman–Crippen LogP) is 3.83. The van der Waals surface area contributed by atoms with Gasteiger partial charge in [0, 0.05) is 16.5 Å². The topological polar surface area (TPSA) is 113 Å². The molecule has 0 unspecified atom stereocenters. The fourth-order valence-corrected chi connectivity index (χ4v) is 4.09. The summed E-state index contributed by atoms with van der Waals surface area (Å²) in [7, 11) is -4.11. The molecular formula is C20H19NO6S. The third-order valence-electron chi connectivity index (χ3n) is 3.98. The van der Waals surface area contributed by atoms with E-state index in [0.717, 1.165) is 6.07 Å². The van der Waals surface area contributed by atoms with E-state index in [9.17, 15) is 23.4 Å². The number of hydrogen-bond acceptors (Lipinski definition) is 5. The highest BCUT2D eigenvalue weighted by Crippen LogP contribution is 2.34. The van der Waals surface area contributed by atoms with Gasteiger partial charge in [0.25, 0.3) is 10.0 Å². The third-order valence-corrected chi connectivity index (χ3v) is 5.40. The Balaban J connectivity index is 2.05. The quantitative estimate of drug-likeness (QED) is 0.579. The summed E-state index contributed by atoms with van der Waals surface area (Å²) in [6, 6.07) is 13.5. The average molecular weight is 401 g/mol. The molecule has 0 heterocycles. The molecule has 0 aliphatic carbocycles. The summed E-state index contributed by atoms with van der Waals surface area (Å²) >= 11 is 0. The molecule has 0 fully saturated rings. The first-order valence-corrected chi connectivity index (χ1v) is 9.95. The van der Waals surface area contributed by atoms with Crippen molar-refractivity contribution in [3.63, 3.8) is 0 Å². The zero-order chi connectivity index (χ0) is 20.5. The van der Waals surface area contributed by atoms with Crippen LogP contribution in [0.2, 0.25) is 0 Å². The molecule has 0 aromatic heterocycles. The molecule has 0 spiro atoms. The number of rotatable bonds is 6. The zero-order valence-corrected chi connectivity index (χ0v) is 16.0. The molecule has 7 nitrogen and oxygen atoms in total. The van der Waals surface area contributed by atoms with Crippen molar-refractivity contribution in [2.24, 2.45) is 0 Å². The smallest absolute Gasteiger partial charge is 0.339 e. The van der Waals surface area contributed by atoms with E-state index in [4.69, 9.17) is 4.74 Å². The molecule has 0 saturated carbocycles. The fraction of sp³-hybridized carbons (Fsp3) is 0.150. The summed E-state index contributed by atoms with van der Waals surface area (Å²) in [6.07, 6.45) is -0.0136. The second-order valence-corrected chi connectivity index (χ2v) is 8.07. The van der Waals surface area contributed by atoms with Gasteiger partial charge in [-0.1, -0.05) is 24.3 Å². The highest BCUT2D eigenvalue weighted by molar-refractivity contribution is 7.93. The van der Waals surface area contributed by atoms with Gasteiger partial charge in [-0.2, -0.15) is 0 Å². The zero-order valence-electron chi connectivity index (χ0n) is 15.2. The maximum atomic E-state index is 12.9. The Morgan fingerprint density at radius 3 is 2.21 bits per heavy atom. The molecule has 3 rings (SSSR count). The van der Waals surface area contributed by atoms with Crippen molar-refractivity contribution in [2.45, 2.75) is 24.8 Å². The van der Waals surface area contributed by atoms with Crippen LogP contribution in [-0.4, -0.2) is 30.7 Å². The molecule has 0 amide bonds. The molecule has 8 heteroatoms. The largest absolute Gasteiger partial charge is 0.506 e. The Kier molecular flexibility index (Phi) is 5.15. The van der Waals surface area contributed by atoms with E-state index in [1.807, 2.05) is 13.8 Å². The first-order chi connectivity index (χ1) is 13.2. The molecule has 0 saturated heterocycles. The van der Waals surface area contributed by atoms with Crippen LogP contribution in [0.5, 0.6) is 11.5 Å². The number of ether oxygens (including phenoxy) is 1. The van der Waals surface area contributed by atoms with Crippen LogP contribution in [0.1, 0.15) is 24.2 Å². The molecular weight excluding hydrogens is 382 g/mol. The van der Waals surface area contributed by atoms with Gasteiger partial charge in [-0.3, -0.25) is 4.72 Å². The molecule has 146 valence electrons. The maximum Gasteiger partial charge on any atom is 0.339 e. The van der Waals surface area contributed by atoms with Crippen LogP contribution in [0.4, 0.5) is 5.69 Å². The summed E-state index contributed by atoms with van der Waals surface area (Å²) in [5.74, 6) is -1.30. The van der Waals surface area contributed by atoms with Crippen LogP contribution in [0.25, 0.3) is 10.8 Å². The second-order valence-electron chi connectivity index (χ2n) is 6.42. The first kappa shape index (κ1) is 19.5. The van der Waals surface area contributed by atoms with E-state index in [-0.39, 0.29) is 21.8 Å². The molecule has 0 aliphatic rings. The minimum Gasteiger partial charge on any atom is -0.506 e. The number of hydrogen-bond donors (Lipinski definition) is 3. The van der Waals surface area contributed by atoms with Crippen molar-refractivity contribution < 1.29 is 28.2 Å². The number of aromatic hydroxyl groups is 1. The van der Waals surface area contributed by atoms with Gasteiger partial charge in [0.05, 0.1) is 11.0 Å². The first-order valence-electron chi connectivity index (χ1n) is 8.46. The van der Waals surface area contributed by atoms with Gasteiger partial charge < -0.3 is 14.9 Å². The summed E-state index contributed by atoms with van der Waals surface area (Å²) in [4.78, 5) is 11.2. The van der Waals surface area contributed by atoms with Crippen molar-refractivity contribution in [3.8, 4) is 11.5 Å². The number of benzene rings is 3. The normalized spacial score (nSPS) is 11.5. The number of carboxylic acids is 1. The number of sulfonamides is 1. The van der Waals surface area contributed by atoms with Crippen molar-refractivity contribution in [1.82, 2.24) is 0 Å². The Morgan fingerprint density at radius 2 is 1.64 bits per heavy atom. The molecule has 28 heavy (non-hydrogen) atoms. The molecule has 3 N–H and O–H groups in total. The van der Waals surface area contributed by atoms with Gasteiger partial charge in [0.2, 0.25) is 0 Å². The van der Waals surface area contributed by atoms with E-state index in [0.29, 0.717) is 11.4 Å². The number of anilines is 1. The standard InChI is InChI=1S/C20H19NO6S/c1-12(2)27-14-9-7-13(8-10-14)21-28(25,26)18-11-17(20(23)24)19(22)16-6-4-3-5-15(16)18/h3-12,21-22H,1-2H3,(H,23,24). The summed E-state index contributed by atoms with van der Waals surface area (Å²) < 4.78 is 33.9. The lowest BCUT2D eigenvalue weighted by Crippen LogP contribution is -2.14. The molecule has 0 bridgehead atoms. The molecule has 3 aromatic rings. The lowest BCUT2D eigenvalue weighted by atomic mass is 10.1. The van der Waals surface area contributed by atoms with E-state index < -0.39 is 27.3 Å². The molecule has 0 aliphatic heterocycles. The van der Waals surface area contributed by atoms with Gasteiger partial charge >= 0.3 is 5.97 Å². The van der Waals surface area contributed by atoms with E-state index in [2.05, 4.69) is 4.72 Å². The number of carboxylic acid groups (broad SMARTS) is 1. The molecule has 0 radical (unpaired) electrons. The number of aromatic carboxylic acids is 1. The van der Waals surface area contributed by atoms with Gasteiger partial charge in [-0.25, -0.2) is 13.2 Å². The summed E-state index contributed by atoms with van der Waals surface area (Å²) in [5, 5.41) is 19.9. The Hall–Kier alpha value is -3.26. The van der Waals surface area contributed by atoms with Crippen molar-refractivity contribution in [1.29, 1.82) is 0 Å². The summed E-state index contributed by atoms with van der Waals surface area (Å²) in [5.41, 5.74) is -0.190. The van der Waals surface area contributed by atoms with Crippen molar-refractivity contribution >= 4 is 32.5 Å². The Labute approximate surface area is 162 Å². The second kappa shape index (κ2) is 7.40. The van der Waals surface area contributed by atoms with Gasteiger partial charge in [-0.15, -0.1) is 0 Å². The van der Waals surface area contributed by atoms with Gasteiger partial charge in [-0.05, 0) is 44.2 Å². The monoisotopic (exact) mass is 401 g/mol. The van der Waals surface area contributed by atoms with Crippen molar-refractivity contribution in [3.05, 3.63) is 60.2 Å². The minimum atomic E-state index is -4.11. The SMILES string of the molecule is CC(C)Oc1ccc(NS(=O)(=O)c2cc(C(=O)O)c(O)c3ccccc23)cc1. The van der Waals surface area contributed by atoms with Crippen LogP contribution in [0.3, 0.4) is 0 Å². The Morgan fingerprint density at radius 1 is 1.04 bits per heavy atom. The van der Waals surface area contributed by atoms with Crippen LogP contribution in [-0.2, 0) is 10.0 Å². The van der Waals surface area contributed by atoms with Crippen LogP contribution >= 0.6 is 0 Å². The van der Waals surface area contributed by atoms with E-state index in [1.165, 1.54) is 12.1 Å². The van der Waals surface area contributed by atoms with Gasteiger partial charge in [0.15, 0.2) is 0 Å². The van der Waals surface area contributed by atoms with E-state index >= 15 is 0 Å². The fourth-order valence-electron chi connectivity index (χ4n) is 2.80. The Bertz CT molecular complexity index is 1140. The predicted molar refractivity (Wildman–Crippen MR) is 106 cm³/mol. The highest BCUT2D eigenvalue weighted by Gasteiger charge is 2.24.